The number of halogens is 2. The van der Waals surface area contributed by atoms with E-state index >= 15 is 0 Å². The molecule has 1 aromatic carbocycles. The van der Waals surface area contributed by atoms with Crippen molar-refractivity contribution in [3.63, 3.8) is 0 Å². The quantitative estimate of drug-likeness (QED) is 0.694. The van der Waals surface area contributed by atoms with Gasteiger partial charge in [0.15, 0.2) is 5.82 Å². The van der Waals surface area contributed by atoms with Crippen LogP contribution in [0.5, 0.6) is 0 Å². The summed E-state index contributed by atoms with van der Waals surface area (Å²) in [7, 11) is 0. The summed E-state index contributed by atoms with van der Waals surface area (Å²) in [6.45, 7) is 4.41. The van der Waals surface area contributed by atoms with E-state index < -0.39 is 11.4 Å². The molecule has 1 unspecified atom stereocenters. The minimum atomic E-state index is -1.37. The van der Waals surface area contributed by atoms with Crippen molar-refractivity contribution in [1.29, 1.82) is 0 Å². The molecule has 2 aromatic rings. The van der Waals surface area contributed by atoms with Crippen LogP contribution in [0, 0.1) is 11.7 Å². The first-order valence-corrected chi connectivity index (χ1v) is 10.1. The summed E-state index contributed by atoms with van der Waals surface area (Å²) in [5, 5.41) is 13.8. The average Bonchev–Trinajstić information content (AvgIpc) is 3.02. The molecule has 2 aliphatic heterocycles. The second kappa shape index (κ2) is 7.76. The molecular formula is C19H25ClFN5OS. The van der Waals surface area contributed by atoms with Crippen molar-refractivity contribution < 1.29 is 9.50 Å². The molecule has 2 fully saturated rings. The molecular weight excluding hydrogens is 401 g/mol. The van der Waals surface area contributed by atoms with Gasteiger partial charge in [0.2, 0.25) is 5.95 Å². The molecule has 0 amide bonds. The van der Waals surface area contributed by atoms with Gasteiger partial charge in [0.25, 0.3) is 0 Å². The molecule has 3 heterocycles. The van der Waals surface area contributed by atoms with Crippen molar-refractivity contribution in [2.45, 2.75) is 30.5 Å². The Bertz CT molecular complexity index is 837. The van der Waals surface area contributed by atoms with Crippen molar-refractivity contribution in [2.75, 3.05) is 23.7 Å². The number of nitrogens with two attached hydrogens (primary N) is 1. The Labute approximate surface area is 174 Å². The number of thioether (sulfide) groups is 1. The van der Waals surface area contributed by atoms with Gasteiger partial charge in [-0.15, -0.1) is 24.2 Å². The number of rotatable bonds is 3. The van der Waals surface area contributed by atoms with Crippen molar-refractivity contribution in [2.24, 2.45) is 11.7 Å². The summed E-state index contributed by atoms with van der Waals surface area (Å²) in [4.78, 5) is 10.6. The van der Waals surface area contributed by atoms with Gasteiger partial charge in [-0.3, -0.25) is 5.32 Å². The molecule has 0 spiro atoms. The Morgan fingerprint density at radius 3 is 2.75 bits per heavy atom. The lowest BCUT2D eigenvalue weighted by Gasteiger charge is -2.42. The number of aromatic nitrogens is 2. The van der Waals surface area contributed by atoms with E-state index in [0.717, 1.165) is 18.5 Å². The van der Waals surface area contributed by atoms with Gasteiger partial charge in [0.05, 0.1) is 11.7 Å². The molecule has 3 atom stereocenters. The van der Waals surface area contributed by atoms with Crippen molar-refractivity contribution >= 4 is 30.1 Å². The predicted molar refractivity (Wildman–Crippen MR) is 112 cm³/mol. The minimum absolute atomic E-state index is 0. The summed E-state index contributed by atoms with van der Waals surface area (Å²) >= 11 is 1.69. The highest BCUT2D eigenvalue weighted by atomic mass is 35.5. The van der Waals surface area contributed by atoms with Gasteiger partial charge in [-0.2, -0.15) is 0 Å². The lowest BCUT2D eigenvalue weighted by atomic mass is 9.81. The molecule has 28 heavy (non-hydrogen) atoms. The molecule has 4 N–H and O–H groups in total. The summed E-state index contributed by atoms with van der Waals surface area (Å²) in [6, 6.07) is 10.3. The van der Waals surface area contributed by atoms with Crippen LogP contribution >= 0.6 is 24.2 Å². The van der Waals surface area contributed by atoms with E-state index in [0.29, 0.717) is 18.4 Å². The van der Waals surface area contributed by atoms with Gasteiger partial charge >= 0.3 is 0 Å². The number of hydrogen-bond acceptors (Lipinski definition) is 7. The third-order valence-corrected chi connectivity index (χ3v) is 6.41. The fraction of sp³-hybridized carbons (Fsp3) is 0.474. The standard InChI is InChI=1S/C19H24FN5OS.ClH/c1-18(2,26)15-14(20)8-22-17(23-15)25-9-13-10-27-16(21)24-19(13,11-25)12-6-4-3-5-7-12;/h3-8,13,16,24,26H,9-11,21H2,1-2H3;1H/t13-,16?,19+;/m0./s1. The van der Waals surface area contributed by atoms with E-state index in [-0.39, 0.29) is 29.1 Å². The van der Waals surface area contributed by atoms with Gasteiger partial charge in [-0.05, 0) is 19.4 Å². The van der Waals surface area contributed by atoms with E-state index in [4.69, 9.17) is 5.73 Å². The van der Waals surface area contributed by atoms with E-state index in [2.05, 4.69) is 32.3 Å². The number of fused-ring (bicyclic) bond motifs is 1. The molecule has 2 saturated heterocycles. The first kappa shape index (κ1) is 21.3. The zero-order chi connectivity index (χ0) is 19.2. The lowest BCUT2D eigenvalue weighted by molar-refractivity contribution is 0.0693. The number of hydrogen-bond donors (Lipinski definition) is 3. The van der Waals surface area contributed by atoms with E-state index in [1.807, 2.05) is 18.2 Å². The second-order valence-corrected chi connectivity index (χ2v) is 8.91. The van der Waals surface area contributed by atoms with Gasteiger partial charge in [0, 0.05) is 24.8 Å². The first-order chi connectivity index (χ1) is 12.8. The van der Waals surface area contributed by atoms with Crippen LogP contribution in [0.3, 0.4) is 0 Å². The van der Waals surface area contributed by atoms with Crippen LogP contribution < -0.4 is 16.0 Å². The van der Waals surface area contributed by atoms with Crippen LogP contribution in [0.15, 0.2) is 36.5 Å². The van der Waals surface area contributed by atoms with Crippen LogP contribution in [0.25, 0.3) is 0 Å². The van der Waals surface area contributed by atoms with Crippen LogP contribution in [0.2, 0.25) is 0 Å². The number of nitrogens with zero attached hydrogens (tertiary/aromatic N) is 3. The number of benzene rings is 1. The third-order valence-electron chi connectivity index (χ3n) is 5.34. The van der Waals surface area contributed by atoms with E-state index in [1.165, 1.54) is 19.4 Å². The van der Waals surface area contributed by atoms with Crippen molar-refractivity contribution in [3.8, 4) is 0 Å². The SMILES string of the molecule is CC(C)(O)c1nc(N2C[C@H]3CSC(N)N[C@@]3(c3ccccc3)C2)ncc1F.Cl. The molecule has 0 radical (unpaired) electrons. The van der Waals surface area contributed by atoms with Crippen LogP contribution in [0.1, 0.15) is 25.1 Å². The van der Waals surface area contributed by atoms with Gasteiger partial charge in [-0.25, -0.2) is 14.4 Å². The zero-order valence-corrected chi connectivity index (χ0v) is 17.4. The Kier molecular flexibility index (Phi) is 5.89. The summed E-state index contributed by atoms with van der Waals surface area (Å²) in [6.07, 6.45) is 1.14. The largest absolute Gasteiger partial charge is 0.384 e. The third kappa shape index (κ3) is 3.71. The molecule has 6 nitrogen and oxygen atoms in total. The minimum Gasteiger partial charge on any atom is -0.384 e. The zero-order valence-electron chi connectivity index (χ0n) is 15.8. The molecule has 9 heteroatoms. The monoisotopic (exact) mass is 425 g/mol. The van der Waals surface area contributed by atoms with E-state index in [9.17, 15) is 9.50 Å². The van der Waals surface area contributed by atoms with Crippen molar-refractivity contribution in [1.82, 2.24) is 15.3 Å². The molecule has 2 aliphatic rings. The van der Waals surface area contributed by atoms with Gasteiger partial charge in [0.1, 0.15) is 16.8 Å². The number of aliphatic hydroxyl groups is 1. The maximum absolute atomic E-state index is 14.1. The molecule has 152 valence electrons. The average molecular weight is 426 g/mol. The molecule has 0 saturated carbocycles. The Hall–Kier alpha value is -1.45. The first-order valence-electron chi connectivity index (χ1n) is 9.00. The summed E-state index contributed by atoms with van der Waals surface area (Å²) < 4.78 is 14.1. The van der Waals surface area contributed by atoms with Gasteiger partial charge in [-0.1, -0.05) is 30.3 Å². The fourth-order valence-corrected chi connectivity index (χ4v) is 5.15. The molecule has 1 aromatic heterocycles. The number of anilines is 1. The second-order valence-electron chi connectivity index (χ2n) is 7.74. The normalized spacial score (nSPS) is 27.2. The van der Waals surface area contributed by atoms with Crippen LogP contribution in [-0.4, -0.2) is 39.4 Å². The van der Waals surface area contributed by atoms with Gasteiger partial charge < -0.3 is 15.7 Å². The molecule has 0 aliphatic carbocycles. The van der Waals surface area contributed by atoms with Crippen molar-refractivity contribution in [3.05, 3.63) is 53.6 Å². The highest BCUT2D eigenvalue weighted by Gasteiger charge is 2.51. The smallest absolute Gasteiger partial charge is 0.225 e. The Morgan fingerprint density at radius 1 is 1.36 bits per heavy atom. The Balaban J connectivity index is 0.00000225. The fourth-order valence-electron chi connectivity index (χ4n) is 4.03. The lowest BCUT2D eigenvalue weighted by Crippen LogP contribution is -2.59. The highest BCUT2D eigenvalue weighted by molar-refractivity contribution is 7.99. The highest BCUT2D eigenvalue weighted by Crippen LogP contribution is 2.43. The van der Waals surface area contributed by atoms with Crippen LogP contribution in [0.4, 0.5) is 10.3 Å². The summed E-state index contributed by atoms with van der Waals surface area (Å²) in [5.74, 6) is 1.05. The molecule has 4 rings (SSSR count). The topological polar surface area (TPSA) is 87.3 Å². The van der Waals surface area contributed by atoms with E-state index in [1.54, 1.807) is 11.8 Å². The molecule has 0 bridgehead atoms. The maximum atomic E-state index is 14.1. The predicted octanol–water partition coefficient (Wildman–Crippen LogP) is 2.18. The van der Waals surface area contributed by atoms with Crippen LogP contribution in [-0.2, 0) is 11.1 Å². The maximum Gasteiger partial charge on any atom is 0.225 e. The summed E-state index contributed by atoms with van der Waals surface area (Å²) in [5.41, 5.74) is 5.58. The Morgan fingerprint density at radius 2 is 2.07 bits per heavy atom. The number of nitrogens with one attached hydrogen (secondary N) is 1.